The first-order valence-corrected chi connectivity index (χ1v) is 9.67. The van der Waals surface area contributed by atoms with Gasteiger partial charge in [0.05, 0.1) is 0 Å². The standard InChI is InChI=1S/C19H34N2/c1-3-4-18-11-20-19(2,17-7-8-17)13-21(18)12-16-10-14-5-6-15(16)9-14/h14-18,20H,3-13H2,1-2H3. The summed E-state index contributed by atoms with van der Waals surface area (Å²) in [5.74, 6) is 4.17. The quantitative estimate of drug-likeness (QED) is 0.831. The maximum absolute atomic E-state index is 3.94. The number of rotatable bonds is 5. The van der Waals surface area contributed by atoms with Gasteiger partial charge < -0.3 is 5.32 Å². The smallest absolute Gasteiger partial charge is 0.0309 e. The predicted octanol–water partition coefficient (Wildman–Crippen LogP) is 3.67. The molecule has 120 valence electrons. The van der Waals surface area contributed by atoms with Gasteiger partial charge >= 0.3 is 0 Å². The van der Waals surface area contributed by atoms with E-state index in [2.05, 4.69) is 24.1 Å². The van der Waals surface area contributed by atoms with E-state index < -0.39 is 0 Å². The van der Waals surface area contributed by atoms with Gasteiger partial charge in [0.25, 0.3) is 0 Å². The van der Waals surface area contributed by atoms with Crippen LogP contribution in [0.1, 0.15) is 65.2 Å². The van der Waals surface area contributed by atoms with E-state index in [1.807, 2.05) is 0 Å². The van der Waals surface area contributed by atoms with Gasteiger partial charge in [0.15, 0.2) is 0 Å². The largest absolute Gasteiger partial charge is 0.308 e. The van der Waals surface area contributed by atoms with Crippen LogP contribution in [-0.2, 0) is 0 Å². The van der Waals surface area contributed by atoms with E-state index >= 15 is 0 Å². The lowest BCUT2D eigenvalue weighted by atomic mass is 9.85. The lowest BCUT2D eigenvalue weighted by Crippen LogP contribution is -2.64. The Balaban J connectivity index is 1.43. The monoisotopic (exact) mass is 290 g/mol. The van der Waals surface area contributed by atoms with Crippen molar-refractivity contribution in [2.75, 3.05) is 19.6 Å². The molecule has 4 fully saturated rings. The van der Waals surface area contributed by atoms with Gasteiger partial charge in [-0.2, -0.15) is 0 Å². The second-order valence-corrected chi connectivity index (χ2v) is 8.88. The molecule has 2 nitrogen and oxygen atoms in total. The molecule has 0 spiro atoms. The zero-order valence-electron chi connectivity index (χ0n) is 14.1. The van der Waals surface area contributed by atoms with Crippen molar-refractivity contribution >= 4 is 0 Å². The van der Waals surface area contributed by atoms with Crippen molar-refractivity contribution in [1.82, 2.24) is 10.2 Å². The first-order chi connectivity index (χ1) is 10.2. The molecule has 3 saturated carbocycles. The van der Waals surface area contributed by atoms with Crippen molar-refractivity contribution in [3.63, 3.8) is 0 Å². The second kappa shape index (κ2) is 5.53. The third-order valence-electron chi connectivity index (χ3n) is 7.24. The van der Waals surface area contributed by atoms with Crippen LogP contribution in [0, 0.1) is 23.7 Å². The molecule has 21 heavy (non-hydrogen) atoms. The molecule has 0 aromatic heterocycles. The van der Waals surface area contributed by atoms with Crippen LogP contribution in [0.3, 0.4) is 0 Å². The maximum Gasteiger partial charge on any atom is 0.0309 e. The van der Waals surface area contributed by atoms with Gasteiger partial charge in [0.1, 0.15) is 0 Å². The van der Waals surface area contributed by atoms with E-state index in [0.29, 0.717) is 5.54 Å². The summed E-state index contributed by atoms with van der Waals surface area (Å²) in [6.07, 6.45) is 11.8. The van der Waals surface area contributed by atoms with E-state index in [0.717, 1.165) is 29.7 Å². The van der Waals surface area contributed by atoms with Crippen molar-refractivity contribution < 1.29 is 0 Å². The summed E-state index contributed by atoms with van der Waals surface area (Å²) in [4.78, 5) is 2.92. The fourth-order valence-electron chi connectivity index (χ4n) is 5.81. The van der Waals surface area contributed by atoms with Crippen molar-refractivity contribution in [3.8, 4) is 0 Å². The lowest BCUT2D eigenvalue weighted by molar-refractivity contribution is 0.0483. The van der Waals surface area contributed by atoms with Gasteiger partial charge in [-0.25, -0.2) is 0 Å². The minimum absolute atomic E-state index is 0.419. The highest BCUT2D eigenvalue weighted by Crippen LogP contribution is 2.49. The highest BCUT2D eigenvalue weighted by atomic mass is 15.3. The highest BCUT2D eigenvalue weighted by molar-refractivity contribution is 5.05. The van der Waals surface area contributed by atoms with Gasteiger partial charge in [-0.3, -0.25) is 4.90 Å². The fraction of sp³-hybridized carbons (Fsp3) is 1.00. The highest BCUT2D eigenvalue weighted by Gasteiger charge is 2.47. The Hall–Kier alpha value is -0.0800. The van der Waals surface area contributed by atoms with Crippen LogP contribution in [0.4, 0.5) is 0 Å². The number of hydrogen-bond acceptors (Lipinski definition) is 2. The molecule has 5 atom stereocenters. The average Bonchev–Trinajstić information content (AvgIpc) is 3.15. The Bertz CT molecular complexity index is 378. The lowest BCUT2D eigenvalue weighted by Gasteiger charge is -2.48. The normalized spacial score (nSPS) is 47.1. The summed E-state index contributed by atoms with van der Waals surface area (Å²) in [6, 6.07) is 0.806. The Morgan fingerprint density at radius 2 is 2.00 bits per heavy atom. The van der Waals surface area contributed by atoms with E-state index in [9.17, 15) is 0 Å². The van der Waals surface area contributed by atoms with Crippen LogP contribution in [0.2, 0.25) is 0 Å². The predicted molar refractivity (Wildman–Crippen MR) is 88.3 cm³/mol. The van der Waals surface area contributed by atoms with Crippen LogP contribution >= 0.6 is 0 Å². The SMILES string of the molecule is CCCC1CNC(C)(C2CC2)CN1CC1CC2CCC1C2. The molecule has 2 heteroatoms. The molecular formula is C19H34N2. The van der Waals surface area contributed by atoms with Gasteiger partial charge in [0.2, 0.25) is 0 Å². The summed E-state index contributed by atoms with van der Waals surface area (Å²) < 4.78 is 0. The number of nitrogens with zero attached hydrogens (tertiary/aromatic N) is 1. The first-order valence-electron chi connectivity index (χ1n) is 9.67. The minimum atomic E-state index is 0.419. The van der Waals surface area contributed by atoms with Crippen LogP contribution < -0.4 is 5.32 Å². The Morgan fingerprint density at radius 1 is 1.14 bits per heavy atom. The van der Waals surface area contributed by atoms with E-state index in [4.69, 9.17) is 0 Å². The van der Waals surface area contributed by atoms with Gasteiger partial charge in [0, 0.05) is 31.2 Å². The summed E-state index contributed by atoms with van der Waals surface area (Å²) in [5, 5.41) is 3.94. The van der Waals surface area contributed by atoms with E-state index in [-0.39, 0.29) is 0 Å². The van der Waals surface area contributed by atoms with E-state index in [1.165, 1.54) is 45.3 Å². The Kier molecular flexibility index (Phi) is 3.82. The van der Waals surface area contributed by atoms with Crippen LogP contribution in [0.5, 0.6) is 0 Å². The van der Waals surface area contributed by atoms with Crippen LogP contribution in [0.15, 0.2) is 0 Å². The molecule has 4 rings (SSSR count). The third-order valence-corrected chi connectivity index (χ3v) is 7.24. The van der Waals surface area contributed by atoms with Gasteiger partial charge in [-0.15, -0.1) is 0 Å². The summed E-state index contributed by atoms with van der Waals surface area (Å²) in [5.41, 5.74) is 0.419. The molecule has 1 heterocycles. The van der Waals surface area contributed by atoms with Gasteiger partial charge in [-0.05, 0) is 69.1 Å². The molecule has 3 aliphatic carbocycles. The third kappa shape index (κ3) is 2.79. The zero-order chi connectivity index (χ0) is 14.4. The van der Waals surface area contributed by atoms with Crippen LogP contribution in [0.25, 0.3) is 0 Å². The Morgan fingerprint density at radius 3 is 2.62 bits per heavy atom. The van der Waals surface area contributed by atoms with Crippen molar-refractivity contribution in [2.45, 2.75) is 76.8 Å². The summed E-state index contributed by atoms with van der Waals surface area (Å²) in [7, 11) is 0. The summed E-state index contributed by atoms with van der Waals surface area (Å²) >= 11 is 0. The number of hydrogen-bond donors (Lipinski definition) is 1. The fourth-order valence-corrected chi connectivity index (χ4v) is 5.81. The molecule has 1 saturated heterocycles. The molecule has 4 aliphatic rings. The Labute approximate surface area is 131 Å². The molecule has 0 amide bonds. The van der Waals surface area contributed by atoms with Crippen molar-refractivity contribution in [1.29, 1.82) is 0 Å². The molecule has 1 N–H and O–H groups in total. The van der Waals surface area contributed by atoms with Crippen LogP contribution in [-0.4, -0.2) is 36.1 Å². The van der Waals surface area contributed by atoms with Crippen molar-refractivity contribution in [2.24, 2.45) is 23.7 Å². The molecule has 2 bridgehead atoms. The number of fused-ring (bicyclic) bond motifs is 2. The number of nitrogens with one attached hydrogen (secondary N) is 1. The van der Waals surface area contributed by atoms with Crippen molar-refractivity contribution in [3.05, 3.63) is 0 Å². The molecule has 0 aromatic carbocycles. The maximum atomic E-state index is 3.94. The molecule has 5 unspecified atom stereocenters. The molecular weight excluding hydrogens is 256 g/mol. The zero-order valence-corrected chi connectivity index (χ0v) is 14.1. The molecule has 0 radical (unpaired) electrons. The molecule has 1 aliphatic heterocycles. The average molecular weight is 290 g/mol. The van der Waals surface area contributed by atoms with Gasteiger partial charge in [-0.1, -0.05) is 19.8 Å². The summed E-state index contributed by atoms with van der Waals surface area (Å²) in [6.45, 7) is 8.82. The minimum Gasteiger partial charge on any atom is -0.308 e. The number of piperazine rings is 1. The second-order valence-electron chi connectivity index (χ2n) is 8.88. The topological polar surface area (TPSA) is 15.3 Å². The molecule has 0 aromatic rings. The first kappa shape index (κ1) is 14.5. The van der Waals surface area contributed by atoms with E-state index in [1.54, 1.807) is 25.7 Å².